The summed E-state index contributed by atoms with van der Waals surface area (Å²) >= 11 is 6.27. The maximum Gasteiger partial charge on any atom is 0.193 e. The molecule has 3 rings (SSSR count). The minimum Gasteiger partial charge on any atom is -0.370 e. The Bertz CT molecular complexity index is 751. The molecule has 1 saturated heterocycles. The average Bonchev–Trinajstić information content (AvgIpc) is 2.63. The minimum atomic E-state index is 0.495. The van der Waals surface area contributed by atoms with E-state index in [0.717, 1.165) is 49.7 Å². The number of nitrogens with zero attached hydrogens (tertiary/aromatic N) is 2. The molecule has 0 amide bonds. The molecule has 2 aromatic carbocycles. The highest BCUT2D eigenvalue weighted by Gasteiger charge is 2.19. The Morgan fingerprint density at radius 1 is 1.19 bits per heavy atom. The largest absolute Gasteiger partial charge is 0.370 e. The fraction of sp³-hybridized carbons (Fsp3) is 0.381. The Hall–Kier alpha value is -2.04. The highest BCUT2D eigenvalue weighted by atomic mass is 35.5. The van der Waals surface area contributed by atoms with Crippen LogP contribution in [-0.2, 0) is 6.54 Å². The number of nitrogens with two attached hydrogens (primary N) is 1. The van der Waals surface area contributed by atoms with Crippen LogP contribution >= 0.6 is 11.6 Å². The van der Waals surface area contributed by atoms with Gasteiger partial charge in [-0.05, 0) is 68.1 Å². The maximum absolute atomic E-state index is 6.27. The first-order valence-electron chi connectivity index (χ1n) is 9.19. The van der Waals surface area contributed by atoms with Crippen molar-refractivity contribution in [2.75, 3.05) is 25.0 Å². The summed E-state index contributed by atoms with van der Waals surface area (Å²) in [5.74, 6) is 1.09. The number of aliphatic imine (C=N–C) groups is 1. The summed E-state index contributed by atoms with van der Waals surface area (Å²) in [4.78, 5) is 7.01. The van der Waals surface area contributed by atoms with Crippen molar-refractivity contribution in [3.8, 4) is 0 Å². The van der Waals surface area contributed by atoms with Crippen LogP contribution in [0.15, 0.2) is 53.5 Å². The highest BCUT2D eigenvalue weighted by Crippen LogP contribution is 2.22. The molecule has 4 nitrogen and oxygen atoms in total. The van der Waals surface area contributed by atoms with Crippen LogP contribution in [0, 0.1) is 12.8 Å². The molecule has 0 saturated carbocycles. The number of likely N-dealkylation sites (tertiary alicyclic amines) is 1. The molecule has 1 fully saturated rings. The molecule has 0 atom stereocenters. The summed E-state index contributed by atoms with van der Waals surface area (Å²) < 4.78 is 0. The maximum atomic E-state index is 6.27. The van der Waals surface area contributed by atoms with Gasteiger partial charge in [0.15, 0.2) is 5.96 Å². The fourth-order valence-electron chi connectivity index (χ4n) is 3.33. The first kappa shape index (κ1) is 18.7. The number of piperidine rings is 1. The van der Waals surface area contributed by atoms with Crippen LogP contribution in [0.1, 0.15) is 24.0 Å². The van der Waals surface area contributed by atoms with Crippen LogP contribution in [-0.4, -0.2) is 30.5 Å². The summed E-state index contributed by atoms with van der Waals surface area (Å²) in [5, 5.41) is 4.03. The summed E-state index contributed by atoms with van der Waals surface area (Å²) in [7, 11) is 0. The number of aryl methyl sites for hydroxylation is 1. The number of benzene rings is 2. The molecule has 1 aliphatic heterocycles. The van der Waals surface area contributed by atoms with Crippen molar-refractivity contribution in [1.82, 2.24) is 4.90 Å². The standard InChI is InChI=1S/C21H27ClN4/c1-16-5-4-7-19(13-16)25-21(23)24-14-17-9-11-26(12-10-17)15-18-6-2-3-8-20(18)22/h2-8,13,17H,9-12,14-15H2,1H3,(H3,23,24,25). The number of hydrogen-bond acceptors (Lipinski definition) is 2. The van der Waals surface area contributed by atoms with Gasteiger partial charge in [-0.25, -0.2) is 0 Å². The Kier molecular flexibility index (Phi) is 6.53. The third kappa shape index (κ3) is 5.48. The van der Waals surface area contributed by atoms with Crippen molar-refractivity contribution in [3.05, 3.63) is 64.7 Å². The second kappa shape index (κ2) is 9.06. The van der Waals surface area contributed by atoms with Gasteiger partial charge in [0.2, 0.25) is 0 Å². The van der Waals surface area contributed by atoms with Crippen molar-refractivity contribution in [2.45, 2.75) is 26.3 Å². The lowest BCUT2D eigenvalue weighted by Gasteiger charge is -2.31. The third-order valence-electron chi connectivity index (χ3n) is 4.87. The van der Waals surface area contributed by atoms with Crippen molar-refractivity contribution < 1.29 is 0 Å². The molecule has 1 heterocycles. The summed E-state index contributed by atoms with van der Waals surface area (Å²) in [6.45, 7) is 5.93. The Morgan fingerprint density at radius 3 is 2.69 bits per heavy atom. The zero-order valence-electron chi connectivity index (χ0n) is 15.3. The molecule has 26 heavy (non-hydrogen) atoms. The molecule has 0 aromatic heterocycles. The fourth-order valence-corrected chi connectivity index (χ4v) is 3.53. The SMILES string of the molecule is Cc1cccc(NC(N)=NCC2CCN(Cc3ccccc3Cl)CC2)c1. The van der Waals surface area contributed by atoms with Crippen LogP contribution in [0.3, 0.4) is 0 Å². The van der Waals surface area contributed by atoms with Gasteiger partial charge < -0.3 is 11.1 Å². The molecule has 0 radical (unpaired) electrons. The molecular formula is C21H27ClN4. The topological polar surface area (TPSA) is 53.6 Å². The number of rotatable bonds is 5. The second-order valence-electron chi connectivity index (χ2n) is 7.03. The minimum absolute atomic E-state index is 0.495. The van der Waals surface area contributed by atoms with Gasteiger partial charge >= 0.3 is 0 Å². The number of halogens is 1. The van der Waals surface area contributed by atoms with Gasteiger partial charge in [-0.1, -0.05) is 41.9 Å². The van der Waals surface area contributed by atoms with E-state index < -0.39 is 0 Å². The number of hydrogen-bond donors (Lipinski definition) is 2. The van der Waals surface area contributed by atoms with E-state index in [1.54, 1.807) is 0 Å². The van der Waals surface area contributed by atoms with E-state index in [0.29, 0.717) is 11.9 Å². The summed E-state index contributed by atoms with van der Waals surface area (Å²) in [6, 6.07) is 16.2. The van der Waals surface area contributed by atoms with E-state index >= 15 is 0 Å². The van der Waals surface area contributed by atoms with Crippen LogP contribution in [0.25, 0.3) is 0 Å². The second-order valence-corrected chi connectivity index (χ2v) is 7.44. The average molecular weight is 371 g/mol. The molecule has 2 aromatic rings. The predicted octanol–water partition coefficient (Wildman–Crippen LogP) is 4.29. The smallest absolute Gasteiger partial charge is 0.193 e. The quantitative estimate of drug-likeness (QED) is 0.609. The van der Waals surface area contributed by atoms with Gasteiger partial charge in [-0.3, -0.25) is 9.89 Å². The van der Waals surface area contributed by atoms with Crippen LogP contribution in [0.2, 0.25) is 5.02 Å². The van der Waals surface area contributed by atoms with E-state index in [1.807, 2.05) is 30.3 Å². The molecule has 0 unspecified atom stereocenters. The molecule has 3 N–H and O–H groups in total. The Balaban J connectivity index is 1.44. The van der Waals surface area contributed by atoms with E-state index in [9.17, 15) is 0 Å². The van der Waals surface area contributed by atoms with E-state index in [4.69, 9.17) is 17.3 Å². The van der Waals surface area contributed by atoms with Gasteiger partial charge in [0, 0.05) is 23.8 Å². The lowest BCUT2D eigenvalue weighted by atomic mass is 9.96. The molecule has 0 bridgehead atoms. The van der Waals surface area contributed by atoms with Crippen molar-refractivity contribution in [3.63, 3.8) is 0 Å². The first-order chi connectivity index (χ1) is 12.6. The molecule has 0 spiro atoms. The summed E-state index contributed by atoms with van der Waals surface area (Å²) in [5.41, 5.74) is 9.43. The van der Waals surface area contributed by atoms with E-state index in [-0.39, 0.29) is 0 Å². The zero-order chi connectivity index (χ0) is 18.4. The molecule has 138 valence electrons. The van der Waals surface area contributed by atoms with Gasteiger partial charge in [0.1, 0.15) is 0 Å². The Labute approximate surface area is 161 Å². The molecule has 5 heteroatoms. The Morgan fingerprint density at radius 2 is 1.96 bits per heavy atom. The third-order valence-corrected chi connectivity index (χ3v) is 5.24. The van der Waals surface area contributed by atoms with Gasteiger partial charge in [0.05, 0.1) is 0 Å². The van der Waals surface area contributed by atoms with Crippen molar-refractivity contribution in [1.29, 1.82) is 0 Å². The number of guanidine groups is 1. The number of anilines is 1. The van der Waals surface area contributed by atoms with Gasteiger partial charge in [-0.15, -0.1) is 0 Å². The van der Waals surface area contributed by atoms with E-state index in [2.05, 4.69) is 40.3 Å². The van der Waals surface area contributed by atoms with Crippen LogP contribution in [0.5, 0.6) is 0 Å². The predicted molar refractivity (Wildman–Crippen MR) is 111 cm³/mol. The first-order valence-corrected chi connectivity index (χ1v) is 9.57. The van der Waals surface area contributed by atoms with Crippen molar-refractivity contribution >= 4 is 23.2 Å². The van der Waals surface area contributed by atoms with E-state index in [1.165, 1.54) is 11.1 Å². The number of nitrogens with one attached hydrogen (secondary N) is 1. The van der Waals surface area contributed by atoms with Crippen LogP contribution < -0.4 is 11.1 Å². The molecular weight excluding hydrogens is 344 g/mol. The van der Waals surface area contributed by atoms with Gasteiger partial charge in [-0.2, -0.15) is 0 Å². The summed E-state index contributed by atoms with van der Waals surface area (Å²) in [6.07, 6.45) is 2.29. The normalized spacial score (nSPS) is 16.6. The van der Waals surface area contributed by atoms with Crippen LogP contribution in [0.4, 0.5) is 5.69 Å². The van der Waals surface area contributed by atoms with Crippen molar-refractivity contribution in [2.24, 2.45) is 16.6 Å². The van der Waals surface area contributed by atoms with Gasteiger partial charge in [0.25, 0.3) is 0 Å². The zero-order valence-corrected chi connectivity index (χ0v) is 16.0. The molecule has 0 aliphatic carbocycles. The lowest BCUT2D eigenvalue weighted by Crippen LogP contribution is -2.34. The monoisotopic (exact) mass is 370 g/mol. The highest BCUT2D eigenvalue weighted by molar-refractivity contribution is 6.31. The molecule has 1 aliphatic rings. The lowest BCUT2D eigenvalue weighted by molar-refractivity contribution is 0.180.